The summed E-state index contributed by atoms with van der Waals surface area (Å²) in [7, 11) is 0. The van der Waals surface area contributed by atoms with E-state index in [2.05, 4.69) is 12.1 Å². The van der Waals surface area contributed by atoms with Crippen molar-refractivity contribution in [2.45, 2.75) is 59.9 Å². The number of nitrogens with zero attached hydrogens (tertiary/aromatic N) is 3. The van der Waals surface area contributed by atoms with Crippen molar-refractivity contribution in [1.82, 2.24) is 9.80 Å². The van der Waals surface area contributed by atoms with Gasteiger partial charge in [-0.2, -0.15) is 0 Å². The molecule has 198 valence electrons. The van der Waals surface area contributed by atoms with Crippen molar-refractivity contribution in [3.8, 4) is 0 Å². The third kappa shape index (κ3) is 5.61. The SMILES string of the molecule is CCOC(=O)C1=C(C)N=C2SC=C(CC(=O)N3CCC[C@H](C(=O)OCC)C3)N2[C@@H]1c1cc(C)ccc1C. The quantitative estimate of drug-likeness (QED) is 0.480. The highest BCUT2D eigenvalue weighted by atomic mass is 32.2. The largest absolute Gasteiger partial charge is 0.466 e. The number of benzene rings is 1. The van der Waals surface area contributed by atoms with Crippen molar-refractivity contribution in [2.24, 2.45) is 10.9 Å². The summed E-state index contributed by atoms with van der Waals surface area (Å²) < 4.78 is 10.6. The molecule has 9 heteroatoms. The van der Waals surface area contributed by atoms with Crippen LogP contribution in [0.2, 0.25) is 0 Å². The lowest BCUT2D eigenvalue weighted by Crippen LogP contribution is -2.44. The van der Waals surface area contributed by atoms with E-state index >= 15 is 0 Å². The average molecular weight is 526 g/mol. The van der Waals surface area contributed by atoms with E-state index in [1.54, 1.807) is 18.7 Å². The molecule has 1 fully saturated rings. The Labute approximate surface area is 222 Å². The Kier molecular flexibility index (Phi) is 8.42. The van der Waals surface area contributed by atoms with Crippen molar-refractivity contribution in [3.05, 3.63) is 57.3 Å². The molecular weight excluding hydrogens is 490 g/mol. The second-order valence-electron chi connectivity index (χ2n) is 9.58. The first-order valence-electron chi connectivity index (χ1n) is 12.9. The Bertz CT molecular complexity index is 1190. The van der Waals surface area contributed by atoms with E-state index in [9.17, 15) is 14.4 Å². The van der Waals surface area contributed by atoms with Gasteiger partial charge in [0.2, 0.25) is 5.91 Å². The second kappa shape index (κ2) is 11.5. The summed E-state index contributed by atoms with van der Waals surface area (Å²) in [5, 5.41) is 2.69. The standard InChI is InChI=1S/C28H35N3O5S/c1-6-35-26(33)20-9-8-12-30(15-20)23(32)14-21-16-37-28-29-19(5)24(27(34)36-7-2)25(31(21)28)22-13-17(3)10-11-18(22)4/h10-11,13,16,20,25H,6-9,12,14-15H2,1-5H3/t20-,25+/m0/s1. The van der Waals surface area contributed by atoms with Gasteiger partial charge in [0.15, 0.2) is 5.17 Å². The van der Waals surface area contributed by atoms with Crippen LogP contribution in [0.5, 0.6) is 0 Å². The molecule has 3 aliphatic rings. The number of piperidine rings is 1. The Balaban J connectivity index is 1.64. The number of amidine groups is 1. The monoisotopic (exact) mass is 525 g/mol. The van der Waals surface area contributed by atoms with Crippen molar-refractivity contribution in [1.29, 1.82) is 0 Å². The topological polar surface area (TPSA) is 88.5 Å². The maximum absolute atomic E-state index is 13.5. The number of likely N-dealkylation sites (tertiary alicyclic amines) is 1. The number of hydrogen-bond acceptors (Lipinski definition) is 8. The number of aliphatic imine (C=N–C) groups is 1. The van der Waals surface area contributed by atoms with Crippen molar-refractivity contribution in [3.63, 3.8) is 0 Å². The molecule has 3 heterocycles. The highest BCUT2D eigenvalue weighted by Gasteiger charge is 2.42. The van der Waals surface area contributed by atoms with Crippen LogP contribution in [-0.4, -0.2) is 59.1 Å². The summed E-state index contributed by atoms with van der Waals surface area (Å²) in [6.07, 6.45) is 1.64. The van der Waals surface area contributed by atoms with Gasteiger partial charge in [-0.15, -0.1) is 0 Å². The van der Waals surface area contributed by atoms with E-state index in [4.69, 9.17) is 14.5 Å². The fourth-order valence-electron chi connectivity index (χ4n) is 5.11. The molecule has 1 amide bonds. The van der Waals surface area contributed by atoms with E-state index in [1.807, 2.05) is 37.1 Å². The van der Waals surface area contributed by atoms with Crippen LogP contribution in [0, 0.1) is 19.8 Å². The van der Waals surface area contributed by atoms with Crippen molar-refractivity contribution < 1.29 is 23.9 Å². The molecule has 4 rings (SSSR count). The Morgan fingerprint density at radius 1 is 1.11 bits per heavy atom. The van der Waals surface area contributed by atoms with Gasteiger partial charge in [0.25, 0.3) is 0 Å². The lowest BCUT2D eigenvalue weighted by Gasteiger charge is -2.38. The number of fused-ring (bicyclic) bond motifs is 1. The minimum Gasteiger partial charge on any atom is -0.466 e. The van der Waals surface area contributed by atoms with Gasteiger partial charge < -0.3 is 19.3 Å². The molecule has 0 N–H and O–H groups in total. The molecule has 0 radical (unpaired) electrons. The molecule has 0 aromatic heterocycles. The molecular formula is C28H35N3O5S. The molecule has 1 saturated heterocycles. The van der Waals surface area contributed by atoms with E-state index in [-0.39, 0.29) is 30.8 Å². The number of allylic oxidation sites excluding steroid dienone is 1. The second-order valence-corrected chi connectivity index (χ2v) is 10.4. The molecule has 2 atom stereocenters. The maximum atomic E-state index is 13.5. The summed E-state index contributed by atoms with van der Waals surface area (Å²) in [5.74, 6) is -0.980. The molecule has 1 aromatic carbocycles. The molecule has 0 aliphatic carbocycles. The van der Waals surface area contributed by atoms with Crippen molar-refractivity contribution >= 4 is 34.8 Å². The van der Waals surface area contributed by atoms with Gasteiger partial charge in [0, 0.05) is 18.8 Å². The first-order chi connectivity index (χ1) is 17.7. The van der Waals surface area contributed by atoms with Gasteiger partial charge in [-0.25, -0.2) is 9.79 Å². The van der Waals surface area contributed by atoms with E-state index in [1.165, 1.54) is 11.8 Å². The summed E-state index contributed by atoms with van der Waals surface area (Å²) in [5.41, 5.74) is 5.00. The zero-order chi connectivity index (χ0) is 26.7. The smallest absolute Gasteiger partial charge is 0.338 e. The fourth-order valence-corrected chi connectivity index (χ4v) is 6.08. The predicted molar refractivity (Wildman–Crippen MR) is 143 cm³/mol. The van der Waals surface area contributed by atoms with Crippen LogP contribution in [0.1, 0.15) is 62.8 Å². The zero-order valence-electron chi connectivity index (χ0n) is 22.2. The predicted octanol–water partition coefficient (Wildman–Crippen LogP) is 4.63. The van der Waals surface area contributed by atoms with Crippen LogP contribution < -0.4 is 0 Å². The average Bonchev–Trinajstić information content (AvgIpc) is 3.26. The number of esters is 2. The summed E-state index contributed by atoms with van der Waals surface area (Å²) >= 11 is 1.46. The number of hydrogen-bond donors (Lipinski definition) is 0. The van der Waals surface area contributed by atoms with E-state index < -0.39 is 12.0 Å². The lowest BCUT2D eigenvalue weighted by atomic mass is 9.90. The van der Waals surface area contributed by atoms with Crippen LogP contribution in [0.25, 0.3) is 0 Å². The number of carbonyl (C=O) groups is 3. The third-order valence-electron chi connectivity index (χ3n) is 6.95. The fraction of sp³-hybridized carbons (Fsp3) is 0.500. The van der Waals surface area contributed by atoms with Crippen molar-refractivity contribution in [2.75, 3.05) is 26.3 Å². The number of rotatable bonds is 7. The third-order valence-corrected chi connectivity index (χ3v) is 7.84. The molecule has 3 aliphatic heterocycles. The number of carbonyl (C=O) groups excluding carboxylic acids is 3. The summed E-state index contributed by atoms with van der Waals surface area (Å²) in [6.45, 7) is 11.0. The Hall–Kier alpha value is -3.07. The van der Waals surface area contributed by atoms with E-state index in [0.29, 0.717) is 31.0 Å². The first-order valence-corrected chi connectivity index (χ1v) is 13.8. The molecule has 0 bridgehead atoms. The van der Waals surface area contributed by atoms with Crippen LogP contribution >= 0.6 is 11.8 Å². The van der Waals surface area contributed by atoms with Gasteiger partial charge in [0.05, 0.1) is 42.9 Å². The Morgan fingerprint density at radius 2 is 1.86 bits per heavy atom. The highest BCUT2D eigenvalue weighted by Crippen LogP contribution is 2.46. The molecule has 1 aromatic rings. The van der Waals surface area contributed by atoms with Gasteiger partial charge in [-0.1, -0.05) is 35.5 Å². The number of thioether (sulfide) groups is 1. The van der Waals surface area contributed by atoms with Gasteiger partial charge in [0.1, 0.15) is 0 Å². The Morgan fingerprint density at radius 3 is 2.59 bits per heavy atom. The normalized spacial score (nSPS) is 21.3. The molecule has 37 heavy (non-hydrogen) atoms. The van der Waals surface area contributed by atoms with Crippen LogP contribution in [-0.2, 0) is 23.9 Å². The van der Waals surface area contributed by atoms with Gasteiger partial charge >= 0.3 is 11.9 Å². The molecule has 0 saturated carbocycles. The van der Waals surface area contributed by atoms with Gasteiger partial charge in [-0.3, -0.25) is 9.59 Å². The van der Waals surface area contributed by atoms with Crippen LogP contribution in [0.3, 0.4) is 0 Å². The molecule has 8 nitrogen and oxygen atoms in total. The molecule has 0 spiro atoms. The molecule has 0 unspecified atom stereocenters. The van der Waals surface area contributed by atoms with Crippen LogP contribution in [0.4, 0.5) is 0 Å². The minimum absolute atomic E-state index is 0.0502. The lowest BCUT2D eigenvalue weighted by molar-refractivity contribution is -0.151. The van der Waals surface area contributed by atoms with Crippen LogP contribution in [0.15, 0.2) is 45.6 Å². The zero-order valence-corrected chi connectivity index (χ0v) is 23.0. The highest BCUT2D eigenvalue weighted by molar-refractivity contribution is 8.16. The maximum Gasteiger partial charge on any atom is 0.338 e. The first kappa shape index (κ1) is 27.0. The number of aryl methyl sites for hydroxylation is 2. The van der Waals surface area contributed by atoms with E-state index in [0.717, 1.165) is 40.4 Å². The van der Waals surface area contributed by atoms with Gasteiger partial charge in [-0.05, 0) is 64.0 Å². The summed E-state index contributed by atoms with van der Waals surface area (Å²) in [6, 6.07) is 5.74. The minimum atomic E-state index is -0.450. The summed E-state index contributed by atoms with van der Waals surface area (Å²) in [4.78, 5) is 47.4. The number of ether oxygens (including phenoxy) is 2. The number of amides is 1.